The molecular weight excluding hydrogens is 306 g/mol. The second-order valence-corrected chi connectivity index (χ2v) is 5.39. The fourth-order valence-corrected chi connectivity index (χ4v) is 2.55. The van der Waals surface area contributed by atoms with Crippen molar-refractivity contribution in [3.63, 3.8) is 0 Å². The van der Waals surface area contributed by atoms with E-state index >= 15 is 0 Å². The third kappa shape index (κ3) is 3.01. The average molecular weight is 316 g/mol. The summed E-state index contributed by atoms with van der Waals surface area (Å²) in [6.07, 6.45) is 1.72. The minimum absolute atomic E-state index is 0.0582. The van der Waals surface area contributed by atoms with Crippen LogP contribution in [-0.4, -0.2) is 10.9 Å². The fraction of sp³-hybridized carbons (Fsp3) is 0. The van der Waals surface area contributed by atoms with Gasteiger partial charge < -0.3 is 5.32 Å². The Hall–Kier alpha value is -2.60. The minimum atomic E-state index is -1.05. The highest BCUT2D eigenvalue weighted by Gasteiger charge is 2.10. The maximum Gasteiger partial charge on any atom is 0.255 e. The van der Waals surface area contributed by atoms with E-state index in [9.17, 15) is 13.6 Å². The SMILES string of the molecule is O=C(Nc1ccc(-c2nccs2)cc1)c1ccc(F)c(F)c1. The lowest BCUT2D eigenvalue weighted by Crippen LogP contribution is -2.12. The van der Waals surface area contributed by atoms with E-state index in [-0.39, 0.29) is 5.56 Å². The van der Waals surface area contributed by atoms with Gasteiger partial charge in [-0.05, 0) is 42.5 Å². The molecule has 110 valence electrons. The van der Waals surface area contributed by atoms with Crippen molar-refractivity contribution in [3.8, 4) is 10.6 Å². The summed E-state index contributed by atoms with van der Waals surface area (Å²) in [4.78, 5) is 16.2. The van der Waals surface area contributed by atoms with Crippen LogP contribution >= 0.6 is 11.3 Å². The molecule has 0 aliphatic heterocycles. The van der Waals surface area contributed by atoms with Crippen molar-refractivity contribution in [1.29, 1.82) is 0 Å². The van der Waals surface area contributed by atoms with E-state index in [2.05, 4.69) is 10.3 Å². The predicted octanol–water partition coefficient (Wildman–Crippen LogP) is 4.34. The van der Waals surface area contributed by atoms with Gasteiger partial charge in [0.15, 0.2) is 11.6 Å². The first-order chi connectivity index (χ1) is 10.6. The zero-order chi connectivity index (χ0) is 15.5. The van der Waals surface area contributed by atoms with Gasteiger partial charge in [-0.25, -0.2) is 13.8 Å². The largest absolute Gasteiger partial charge is 0.322 e. The summed E-state index contributed by atoms with van der Waals surface area (Å²) in [5, 5.41) is 5.40. The van der Waals surface area contributed by atoms with Crippen LogP contribution in [0.15, 0.2) is 54.0 Å². The van der Waals surface area contributed by atoms with E-state index in [4.69, 9.17) is 0 Å². The number of nitrogens with zero attached hydrogens (tertiary/aromatic N) is 1. The monoisotopic (exact) mass is 316 g/mol. The first-order valence-corrected chi connectivity index (χ1v) is 7.28. The first kappa shape index (κ1) is 14.3. The Kier molecular flexibility index (Phi) is 3.93. The molecule has 1 heterocycles. The summed E-state index contributed by atoms with van der Waals surface area (Å²) in [5.74, 6) is -2.53. The Labute approximate surface area is 129 Å². The molecule has 0 spiro atoms. The Morgan fingerprint density at radius 1 is 1.05 bits per heavy atom. The Morgan fingerprint density at radius 3 is 2.45 bits per heavy atom. The van der Waals surface area contributed by atoms with Crippen molar-refractivity contribution in [2.75, 3.05) is 5.32 Å². The van der Waals surface area contributed by atoms with E-state index in [1.807, 2.05) is 17.5 Å². The van der Waals surface area contributed by atoms with Gasteiger partial charge in [-0.3, -0.25) is 4.79 Å². The summed E-state index contributed by atoms with van der Waals surface area (Å²) in [6.45, 7) is 0. The Morgan fingerprint density at radius 2 is 1.82 bits per heavy atom. The molecule has 0 saturated heterocycles. The lowest BCUT2D eigenvalue weighted by molar-refractivity contribution is 0.102. The lowest BCUT2D eigenvalue weighted by Gasteiger charge is -2.06. The van der Waals surface area contributed by atoms with E-state index in [0.29, 0.717) is 5.69 Å². The molecule has 0 radical (unpaired) electrons. The number of benzene rings is 2. The third-order valence-corrected chi connectivity index (χ3v) is 3.83. The topological polar surface area (TPSA) is 42.0 Å². The average Bonchev–Trinajstić information content (AvgIpc) is 3.05. The number of rotatable bonds is 3. The van der Waals surface area contributed by atoms with Crippen LogP contribution in [0.3, 0.4) is 0 Å². The summed E-state index contributed by atoms with van der Waals surface area (Å²) in [7, 11) is 0. The molecular formula is C16H10F2N2OS. The van der Waals surface area contributed by atoms with Gasteiger partial charge in [-0.1, -0.05) is 0 Å². The summed E-state index contributed by atoms with van der Waals surface area (Å²) < 4.78 is 26.0. The van der Waals surface area contributed by atoms with Crippen molar-refractivity contribution in [2.24, 2.45) is 0 Å². The van der Waals surface area contributed by atoms with Crippen molar-refractivity contribution in [1.82, 2.24) is 4.98 Å². The molecule has 1 N–H and O–H groups in total. The van der Waals surface area contributed by atoms with Gasteiger partial charge in [0, 0.05) is 28.4 Å². The molecule has 0 atom stereocenters. The molecule has 0 aliphatic rings. The number of carbonyl (C=O) groups is 1. The summed E-state index contributed by atoms with van der Waals surface area (Å²) >= 11 is 1.52. The van der Waals surface area contributed by atoms with Crippen LogP contribution in [0.5, 0.6) is 0 Å². The molecule has 22 heavy (non-hydrogen) atoms. The predicted molar refractivity (Wildman–Crippen MR) is 81.9 cm³/mol. The third-order valence-electron chi connectivity index (χ3n) is 3.00. The minimum Gasteiger partial charge on any atom is -0.322 e. The molecule has 3 nitrogen and oxygen atoms in total. The quantitative estimate of drug-likeness (QED) is 0.781. The normalized spacial score (nSPS) is 10.5. The summed E-state index contributed by atoms with van der Waals surface area (Å²) in [6, 6.07) is 10.2. The van der Waals surface area contributed by atoms with Crippen LogP contribution in [0.1, 0.15) is 10.4 Å². The standard InChI is InChI=1S/C16H10F2N2OS/c17-13-6-3-11(9-14(13)18)15(21)20-12-4-1-10(2-5-12)16-19-7-8-22-16/h1-9H,(H,20,21). The van der Waals surface area contributed by atoms with Gasteiger partial charge >= 0.3 is 0 Å². The lowest BCUT2D eigenvalue weighted by atomic mass is 10.1. The van der Waals surface area contributed by atoms with E-state index in [0.717, 1.165) is 22.7 Å². The van der Waals surface area contributed by atoms with Crippen molar-refractivity contribution in [2.45, 2.75) is 0 Å². The van der Waals surface area contributed by atoms with Gasteiger partial charge in [-0.2, -0.15) is 0 Å². The molecule has 0 saturated carbocycles. The molecule has 0 aliphatic carbocycles. The van der Waals surface area contributed by atoms with Crippen LogP contribution in [0.2, 0.25) is 0 Å². The molecule has 0 unspecified atom stereocenters. The van der Waals surface area contributed by atoms with Crippen LogP contribution in [0.25, 0.3) is 10.6 Å². The molecule has 0 bridgehead atoms. The summed E-state index contributed by atoms with van der Waals surface area (Å²) in [5.41, 5.74) is 1.57. The number of hydrogen-bond donors (Lipinski definition) is 1. The zero-order valence-corrected chi connectivity index (χ0v) is 12.0. The van der Waals surface area contributed by atoms with Crippen molar-refractivity contribution in [3.05, 3.63) is 71.2 Å². The van der Waals surface area contributed by atoms with Gasteiger partial charge in [-0.15, -0.1) is 11.3 Å². The Balaban J connectivity index is 1.75. The molecule has 3 rings (SSSR count). The number of amides is 1. The first-order valence-electron chi connectivity index (χ1n) is 6.40. The van der Waals surface area contributed by atoms with Crippen molar-refractivity contribution < 1.29 is 13.6 Å². The molecule has 0 fully saturated rings. The molecule has 1 aromatic heterocycles. The second kappa shape index (κ2) is 6.03. The highest BCUT2D eigenvalue weighted by Crippen LogP contribution is 2.23. The number of halogens is 2. The molecule has 6 heteroatoms. The van der Waals surface area contributed by atoms with Crippen molar-refractivity contribution >= 4 is 22.9 Å². The zero-order valence-electron chi connectivity index (χ0n) is 11.2. The van der Waals surface area contributed by atoms with Gasteiger partial charge in [0.25, 0.3) is 5.91 Å². The number of hydrogen-bond acceptors (Lipinski definition) is 3. The van der Waals surface area contributed by atoms with Crippen LogP contribution in [-0.2, 0) is 0 Å². The maximum absolute atomic E-state index is 13.1. The van der Waals surface area contributed by atoms with Gasteiger partial charge in [0.1, 0.15) is 5.01 Å². The van der Waals surface area contributed by atoms with Gasteiger partial charge in [0.05, 0.1) is 0 Å². The smallest absolute Gasteiger partial charge is 0.255 e. The number of carbonyl (C=O) groups excluding carboxylic acids is 1. The van der Waals surface area contributed by atoms with E-state index in [1.165, 1.54) is 17.4 Å². The maximum atomic E-state index is 13.1. The van der Waals surface area contributed by atoms with Crippen LogP contribution in [0.4, 0.5) is 14.5 Å². The fourth-order valence-electron chi connectivity index (χ4n) is 1.90. The van der Waals surface area contributed by atoms with E-state index < -0.39 is 17.5 Å². The number of thiazole rings is 1. The van der Waals surface area contributed by atoms with Gasteiger partial charge in [0.2, 0.25) is 0 Å². The molecule has 2 aromatic carbocycles. The highest BCUT2D eigenvalue weighted by atomic mass is 32.1. The van der Waals surface area contributed by atoms with Crippen LogP contribution < -0.4 is 5.32 Å². The van der Waals surface area contributed by atoms with Crippen LogP contribution in [0, 0.1) is 11.6 Å². The number of anilines is 1. The van der Waals surface area contributed by atoms with E-state index in [1.54, 1.807) is 18.3 Å². The molecule has 3 aromatic rings. The highest BCUT2D eigenvalue weighted by molar-refractivity contribution is 7.13. The second-order valence-electron chi connectivity index (χ2n) is 4.50. The number of nitrogens with one attached hydrogen (secondary N) is 1. The molecule has 1 amide bonds. The Bertz CT molecular complexity index is 802. The number of aromatic nitrogens is 1.